The summed E-state index contributed by atoms with van der Waals surface area (Å²) in [6.45, 7) is 9.62. The first-order valence-corrected chi connectivity index (χ1v) is 41.4. The van der Waals surface area contributed by atoms with Crippen LogP contribution >= 0.6 is 22.6 Å². The molecular formula is C80H163IO. The lowest BCUT2D eigenvalue weighted by atomic mass is 9.90. The lowest BCUT2D eigenvalue weighted by molar-refractivity contribution is 0.261. The van der Waals surface area contributed by atoms with Gasteiger partial charge in [0.1, 0.15) is 0 Å². The highest BCUT2D eigenvalue weighted by molar-refractivity contribution is 14.1. The van der Waals surface area contributed by atoms with Crippen molar-refractivity contribution in [2.75, 3.05) is 11.0 Å². The molecule has 0 aromatic carbocycles. The summed E-state index contributed by atoms with van der Waals surface area (Å²) in [5, 5.41) is 9.34. The van der Waals surface area contributed by atoms with E-state index in [0.29, 0.717) is 6.61 Å². The fourth-order valence-corrected chi connectivity index (χ4v) is 14.0. The lowest BCUT2D eigenvalue weighted by Gasteiger charge is -2.16. The van der Waals surface area contributed by atoms with E-state index in [0.717, 1.165) is 18.3 Å². The fraction of sp³-hybridized carbons (Fsp3) is 1.00. The topological polar surface area (TPSA) is 20.2 Å². The number of hydrogen-bond donors (Lipinski definition) is 1. The van der Waals surface area contributed by atoms with Crippen molar-refractivity contribution in [1.82, 2.24) is 0 Å². The van der Waals surface area contributed by atoms with Crippen molar-refractivity contribution in [2.24, 2.45) is 11.8 Å². The molecule has 0 saturated carbocycles. The van der Waals surface area contributed by atoms with Gasteiger partial charge in [0, 0.05) is 6.61 Å². The first-order chi connectivity index (χ1) is 40.7. The highest BCUT2D eigenvalue weighted by atomic mass is 127. The standard InChI is InChI=1S/C40H81I.C40H82O/c2*1-3-5-7-9-11-13-15-17-19-21-23-25-27-29-31-33-36-40(38-35-39-41)37-34-32-30-28-26-24-22-20-18-16-14-12-10-8-6-4-2/h40H,3-39H2,1-2H3;40-41H,3-39H2,1-2H3. The predicted octanol–water partition coefficient (Wildman–Crippen LogP) is 30.8. The third-order valence-corrected chi connectivity index (χ3v) is 20.1. The van der Waals surface area contributed by atoms with Gasteiger partial charge in [0.15, 0.2) is 0 Å². The van der Waals surface area contributed by atoms with Gasteiger partial charge in [-0.15, -0.1) is 0 Å². The van der Waals surface area contributed by atoms with Crippen molar-refractivity contribution < 1.29 is 5.11 Å². The summed E-state index contributed by atoms with van der Waals surface area (Å²) in [5.74, 6) is 1.91. The van der Waals surface area contributed by atoms with Crippen LogP contribution in [0.3, 0.4) is 0 Å². The largest absolute Gasteiger partial charge is 0.396 e. The summed E-state index contributed by atoms with van der Waals surface area (Å²) in [5.41, 5.74) is 0. The van der Waals surface area contributed by atoms with Crippen LogP contribution in [0.15, 0.2) is 0 Å². The van der Waals surface area contributed by atoms with Crippen molar-refractivity contribution in [3.63, 3.8) is 0 Å². The number of alkyl halides is 1. The third-order valence-electron chi connectivity index (χ3n) is 19.4. The van der Waals surface area contributed by atoms with Crippen molar-refractivity contribution in [1.29, 1.82) is 0 Å². The second kappa shape index (κ2) is 81.7. The van der Waals surface area contributed by atoms with E-state index in [1.165, 1.54) is 460 Å². The van der Waals surface area contributed by atoms with Gasteiger partial charge in [-0.05, 0) is 41.9 Å². The fourth-order valence-electron chi connectivity index (χ4n) is 13.5. The zero-order chi connectivity index (χ0) is 59.5. The Bertz CT molecular complexity index is 875. The van der Waals surface area contributed by atoms with Crippen LogP contribution in [0.5, 0.6) is 0 Å². The van der Waals surface area contributed by atoms with Crippen LogP contribution in [0.4, 0.5) is 0 Å². The molecule has 0 aliphatic heterocycles. The second-order valence-electron chi connectivity index (χ2n) is 27.8. The number of aliphatic hydroxyl groups excluding tert-OH is 1. The molecule has 0 saturated heterocycles. The Morgan fingerprint density at radius 1 is 0.171 bits per heavy atom. The van der Waals surface area contributed by atoms with Crippen LogP contribution in [-0.4, -0.2) is 16.1 Å². The first kappa shape index (κ1) is 84.8. The Kier molecular flexibility index (Phi) is 84.4. The maximum atomic E-state index is 9.34. The molecule has 0 radical (unpaired) electrons. The monoisotopic (exact) mass is 1270 g/mol. The van der Waals surface area contributed by atoms with Crippen molar-refractivity contribution in [3.8, 4) is 0 Å². The van der Waals surface area contributed by atoms with E-state index in [-0.39, 0.29) is 0 Å². The molecule has 0 atom stereocenters. The number of aliphatic hydroxyl groups is 1. The molecule has 0 bridgehead atoms. The van der Waals surface area contributed by atoms with E-state index >= 15 is 0 Å². The van der Waals surface area contributed by atoms with E-state index in [1.54, 1.807) is 0 Å². The van der Waals surface area contributed by atoms with Crippen molar-refractivity contribution in [2.45, 2.75) is 490 Å². The summed E-state index contributed by atoms with van der Waals surface area (Å²) in [7, 11) is 0. The zero-order valence-corrected chi connectivity index (χ0v) is 60.5. The van der Waals surface area contributed by atoms with Gasteiger partial charge in [-0.3, -0.25) is 0 Å². The van der Waals surface area contributed by atoms with Crippen molar-refractivity contribution in [3.05, 3.63) is 0 Å². The van der Waals surface area contributed by atoms with Gasteiger partial charge in [-0.25, -0.2) is 0 Å². The van der Waals surface area contributed by atoms with Gasteiger partial charge < -0.3 is 5.11 Å². The molecular weight excluding hydrogens is 1100 g/mol. The van der Waals surface area contributed by atoms with E-state index in [9.17, 15) is 5.11 Å². The molecule has 1 N–H and O–H groups in total. The quantitative estimate of drug-likeness (QED) is 0.0366. The minimum absolute atomic E-state index is 0.383. The highest BCUT2D eigenvalue weighted by Crippen LogP contribution is 2.26. The first-order valence-electron chi connectivity index (χ1n) is 39.9. The molecule has 0 unspecified atom stereocenters. The maximum absolute atomic E-state index is 9.34. The van der Waals surface area contributed by atoms with Crippen LogP contribution in [0, 0.1) is 11.8 Å². The molecule has 1 nitrogen and oxygen atoms in total. The van der Waals surface area contributed by atoms with E-state index in [1.807, 2.05) is 0 Å². The van der Waals surface area contributed by atoms with E-state index < -0.39 is 0 Å². The molecule has 0 aromatic rings. The van der Waals surface area contributed by atoms with Gasteiger partial charge in [0.2, 0.25) is 0 Å². The van der Waals surface area contributed by atoms with Crippen molar-refractivity contribution >= 4 is 22.6 Å². The van der Waals surface area contributed by atoms with E-state index in [4.69, 9.17) is 0 Å². The molecule has 0 aliphatic rings. The maximum Gasteiger partial charge on any atom is 0.0431 e. The molecule has 0 spiro atoms. The Balaban J connectivity index is 0. The van der Waals surface area contributed by atoms with Gasteiger partial charge in [0.05, 0.1) is 0 Å². The SMILES string of the molecule is CCCCCCCCCCCCCCCCCCC(CCCI)CCCCCCCCCCCCCCCCCC.CCCCCCCCCCCCCCCCCCC(CCCO)CCCCCCCCCCCCCCCCCC. The average molecular weight is 1270 g/mol. The number of rotatable bonds is 74. The molecule has 496 valence electrons. The summed E-state index contributed by atoms with van der Waals surface area (Å²) < 4.78 is 1.35. The minimum Gasteiger partial charge on any atom is -0.396 e. The highest BCUT2D eigenvalue weighted by Gasteiger charge is 2.10. The summed E-state index contributed by atoms with van der Waals surface area (Å²) in [6, 6.07) is 0. The molecule has 0 aliphatic carbocycles. The molecule has 0 aromatic heterocycles. The van der Waals surface area contributed by atoms with Crippen LogP contribution < -0.4 is 0 Å². The number of unbranched alkanes of at least 4 members (excludes halogenated alkanes) is 60. The van der Waals surface area contributed by atoms with Crippen LogP contribution in [0.2, 0.25) is 0 Å². The van der Waals surface area contributed by atoms with Crippen LogP contribution in [0.1, 0.15) is 490 Å². The number of hydrogen-bond acceptors (Lipinski definition) is 1. The lowest BCUT2D eigenvalue weighted by Crippen LogP contribution is -2.02. The molecule has 82 heavy (non-hydrogen) atoms. The summed E-state index contributed by atoms with van der Waals surface area (Å²) in [6.07, 6.45) is 105. The van der Waals surface area contributed by atoms with Gasteiger partial charge >= 0.3 is 0 Å². The third kappa shape index (κ3) is 78.7. The Hall–Kier alpha value is 0.690. The van der Waals surface area contributed by atoms with Gasteiger partial charge in [-0.1, -0.05) is 487 Å². The Labute approximate surface area is 537 Å². The Morgan fingerprint density at radius 3 is 0.427 bits per heavy atom. The second-order valence-corrected chi connectivity index (χ2v) is 28.9. The normalized spacial score (nSPS) is 11.7. The summed E-state index contributed by atoms with van der Waals surface area (Å²) >= 11 is 2.58. The number of halogens is 1. The van der Waals surface area contributed by atoms with E-state index in [2.05, 4.69) is 50.3 Å². The van der Waals surface area contributed by atoms with Gasteiger partial charge in [0.25, 0.3) is 0 Å². The molecule has 0 fully saturated rings. The average Bonchev–Trinajstić information content (AvgIpc) is 3.49. The molecule has 0 heterocycles. The molecule has 2 heteroatoms. The summed E-state index contributed by atoms with van der Waals surface area (Å²) in [4.78, 5) is 0. The van der Waals surface area contributed by atoms with Gasteiger partial charge in [-0.2, -0.15) is 0 Å². The van der Waals surface area contributed by atoms with Crippen LogP contribution in [-0.2, 0) is 0 Å². The molecule has 0 rings (SSSR count). The predicted molar refractivity (Wildman–Crippen MR) is 388 cm³/mol. The zero-order valence-electron chi connectivity index (χ0n) is 58.3. The smallest absolute Gasteiger partial charge is 0.0431 e. The Morgan fingerprint density at radius 2 is 0.293 bits per heavy atom. The van der Waals surface area contributed by atoms with Crippen LogP contribution in [0.25, 0.3) is 0 Å². The molecule has 0 amide bonds. The minimum atomic E-state index is 0.383.